The number of carbonyl (C=O) groups is 1. The van der Waals surface area contributed by atoms with E-state index in [1.807, 2.05) is 6.07 Å². The van der Waals surface area contributed by atoms with Crippen LogP contribution in [0, 0.1) is 11.3 Å². The molecule has 198 valence electrons. The van der Waals surface area contributed by atoms with Gasteiger partial charge in [0.25, 0.3) is 6.01 Å². The zero-order valence-corrected chi connectivity index (χ0v) is 20.2. The van der Waals surface area contributed by atoms with Gasteiger partial charge in [0.05, 0.1) is 23.9 Å². The number of halogens is 3. The quantitative estimate of drug-likeness (QED) is 0.433. The van der Waals surface area contributed by atoms with Gasteiger partial charge in [0.2, 0.25) is 5.65 Å². The minimum Gasteiger partial charge on any atom is -0.507 e. The number of phenolic OH excluding ortho intramolecular Hbond substituents is 1. The number of pyridine rings is 1. The average molecular weight is 521 g/mol. The molecule has 1 atom stereocenters. The van der Waals surface area contributed by atoms with Gasteiger partial charge in [-0.15, -0.1) is 0 Å². The molecule has 0 radical (unpaired) electrons. The van der Waals surface area contributed by atoms with Gasteiger partial charge in [-0.3, -0.25) is 0 Å². The number of piperidine rings is 1. The van der Waals surface area contributed by atoms with Crippen LogP contribution in [0.5, 0.6) is 5.75 Å². The number of aliphatic carboxylic acids is 1. The number of likely N-dealkylation sites (tertiary alicyclic amines) is 1. The van der Waals surface area contributed by atoms with E-state index in [-0.39, 0.29) is 12.4 Å². The van der Waals surface area contributed by atoms with Crippen molar-refractivity contribution in [2.24, 2.45) is 0 Å². The molecule has 13 heteroatoms. The summed E-state index contributed by atoms with van der Waals surface area (Å²) in [5.74, 6) is -2.77. The summed E-state index contributed by atoms with van der Waals surface area (Å²) in [5.41, 5.74) is 3.17. The van der Waals surface area contributed by atoms with E-state index < -0.39 is 12.1 Å². The number of nitrogens with zero attached hydrogens (tertiary/aromatic N) is 4. The summed E-state index contributed by atoms with van der Waals surface area (Å²) in [6.45, 7) is 5.55. The van der Waals surface area contributed by atoms with E-state index in [0.29, 0.717) is 45.7 Å². The first-order chi connectivity index (χ1) is 17.5. The first-order valence-electron chi connectivity index (χ1n) is 11.4. The van der Waals surface area contributed by atoms with Crippen molar-refractivity contribution in [1.82, 2.24) is 14.9 Å². The van der Waals surface area contributed by atoms with Crippen molar-refractivity contribution in [2.75, 3.05) is 32.1 Å². The van der Waals surface area contributed by atoms with Gasteiger partial charge in [-0.05, 0) is 55.8 Å². The molecule has 1 aromatic carbocycles. The molecule has 37 heavy (non-hydrogen) atoms. The lowest BCUT2D eigenvalue weighted by molar-refractivity contribution is -0.192. The Morgan fingerprint density at radius 3 is 2.70 bits per heavy atom. The predicted octanol–water partition coefficient (Wildman–Crippen LogP) is 4.14. The number of oxazole rings is 1. The van der Waals surface area contributed by atoms with Crippen LogP contribution < -0.4 is 5.32 Å². The predicted molar refractivity (Wildman–Crippen MR) is 127 cm³/mol. The molecular formula is C24H26F3N5O5. The number of hydrogen-bond donors (Lipinski definition) is 3. The summed E-state index contributed by atoms with van der Waals surface area (Å²) < 4.78 is 42.8. The van der Waals surface area contributed by atoms with E-state index in [9.17, 15) is 23.5 Å². The number of aromatic hydroxyl groups is 1. The van der Waals surface area contributed by atoms with Gasteiger partial charge in [-0.2, -0.15) is 23.4 Å². The number of ether oxygens (including phenoxy) is 1. The number of alkyl halides is 3. The maximum atomic E-state index is 10.6. The molecule has 0 aliphatic carbocycles. The first-order valence-corrected chi connectivity index (χ1v) is 11.4. The van der Waals surface area contributed by atoms with E-state index in [2.05, 4.69) is 27.1 Å². The number of phenols is 1. The Bertz CT molecular complexity index is 1290. The number of carboxylic acids is 1. The van der Waals surface area contributed by atoms with Crippen LogP contribution in [-0.4, -0.2) is 70.0 Å². The maximum Gasteiger partial charge on any atom is 0.490 e. The summed E-state index contributed by atoms with van der Waals surface area (Å²) in [4.78, 5) is 20.4. The van der Waals surface area contributed by atoms with Crippen molar-refractivity contribution < 1.29 is 37.3 Å². The van der Waals surface area contributed by atoms with Crippen LogP contribution in [0.25, 0.3) is 22.5 Å². The fourth-order valence-corrected chi connectivity index (χ4v) is 3.97. The second kappa shape index (κ2) is 11.9. The largest absolute Gasteiger partial charge is 0.507 e. The number of benzene rings is 1. The number of hydrogen-bond acceptors (Lipinski definition) is 9. The van der Waals surface area contributed by atoms with Crippen LogP contribution in [0.1, 0.15) is 30.9 Å². The normalized spacial score (nSPS) is 16.1. The van der Waals surface area contributed by atoms with E-state index in [0.717, 1.165) is 32.5 Å². The zero-order valence-electron chi connectivity index (χ0n) is 20.2. The van der Waals surface area contributed by atoms with Crippen LogP contribution in [-0.2, 0) is 16.1 Å². The molecule has 1 fully saturated rings. The highest BCUT2D eigenvalue weighted by Crippen LogP contribution is 2.34. The summed E-state index contributed by atoms with van der Waals surface area (Å²) in [5, 5.41) is 30.2. The van der Waals surface area contributed by atoms with Crippen LogP contribution in [0.3, 0.4) is 0 Å². The molecule has 4 rings (SSSR count). The monoisotopic (exact) mass is 521 g/mol. The Morgan fingerprint density at radius 1 is 1.35 bits per heavy atom. The van der Waals surface area contributed by atoms with Crippen LogP contribution in [0.15, 0.2) is 28.7 Å². The third-order valence-corrected chi connectivity index (χ3v) is 5.66. The molecule has 0 spiro atoms. The summed E-state index contributed by atoms with van der Waals surface area (Å²) >= 11 is 0. The van der Waals surface area contributed by atoms with E-state index in [4.69, 9.17) is 19.1 Å². The van der Waals surface area contributed by atoms with Crippen molar-refractivity contribution in [3.63, 3.8) is 0 Å². The van der Waals surface area contributed by atoms with Crippen molar-refractivity contribution in [1.29, 1.82) is 5.26 Å². The Balaban J connectivity index is 0.000000479. The summed E-state index contributed by atoms with van der Waals surface area (Å²) in [7, 11) is 1.57. The molecule has 1 aliphatic rings. The number of anilines is 1. The maximum absolute atomic E-state index is 10.6. The molecule has 10 nitrogen and oxygen atoms in total. The Hall–Kier alpha value is -3.89. The highest BCUT2D eigenvalue weighted by molar-refractivity contribution is 5.79. The third kappa shape index (κ3) is 7.08. The Kier molecular flexibility index (Phi) is 8.90. The van der Waals surface area contributed by atoms with Crippen LogP contribution >= 0.6 is 0 Å². The summed E-state index contributed by atoms with van der Waals surface area (Å²) in [6.07, 6.45) is -2.86. The molecule has 0 saturated carbocycles. The standard InChI is InChI=1S/C22H25N5O3.C2HF3O2/c1-3-27-8-4-5-16(12-27)24-22-26-21-19(30-22)7-6-17(25-21)20-15(13-29-2)9-14(11-23)10-18(20)28;3-2(4,5)1(6)7/h6-7,9-10,16,28H,3-5,8,12-13H2,1-2H3,(H,24,25,26);(H,6,7)/t16-;/m1./s1. The minimum atomic E-state index is -5.08. The Morgan fingerprint density at radius 2 is 2.08 bits per heavy atom. The van der Waals surface area contributed by atoms with E-state index >= 15 is 0 Å². The average Bonchev–Trinajstić information content (AvgIpc) is 3.25. The molecular weight excluding hydrogens is 495 g/mol. The fourth-order valence-electron chi connectivity index (χ4n) is 3.97. The number of fused-ring (bicyclic) bond motifs is 1. The van der Waals surface area contributed by atoms with E-state index in [1.54, 1.807) is 25.3 Å². The first kappa shape index (κ1) is 27.7. The molecule has 0 amide bonds. The number of nitriles is 1. The number of methoxy groups -OCH3 is 1. The minimum absolute atomic E-state index is 0.0170. The number of rotatable bonds is 6. The molecule has 1 saturated heterocycles. The highest BCUT2D eigenvalue weighted by Gasteiger charge is 2.38. The zero-order chi connectivity index (χ0) is 27.2. The van der Waals surface area contributed by atoms with Gasteiger partial charge in [-0.25, -0.2) is 9.78 Å². The van der Waals surface area contributed by atoms with Gasteiger partial charge in [-0.1, -0.05) is 6.92 Å². The van der Waals surface area contributed by atoms with E-state index in [1.165, 1.54) is 6.07 Å². The lowest BCUT2D eigenvalue weighted by atomic mass is 10.00. The number of nitrogens with one attached hydrogen (secondary N) is 1. The van der Waals surface area contributed by atoms with Crippen LogP contribution in [0.4, 0.5) is 19.2 Å². The van der Waals surface area contributed by atoms with Crippen molar-refractivity contribution in [2.45, 2.75) is 38.6 Å². The van der Waals surface area contributed by atoms with Gasteiger partial charge in [0, 0.05) is 25.3 Å². The molecule has 3 N–H and O–H groups in total. The van der Waals surface area contributed by atoms with Gasteiger partial charge in [0.15, 0.2) is 5.58 Å². The number of likely N-dealkylation sites (N-methyl/N-ethyl adjacent to an activating group) is 1. The molecule has 0 unspecified atom stereocenters. The lowest BCUT2D eigenvalue weighted by Crippen LogP contribution is -2.41. The topological polar surface area (TPSA) is 145 Å². The second-order valence-corrected chi connectivity index (χ2v) is 8.29. The van der Waals surface area contributed by atoms with Gasteiger partial charge < -0.3 is 29.6 Å². The highest BCUT2D eigenvalue weighted by atomic mass is 19.4. The number of carboxylic acid groups (broad SMARTS) is 1. The van der Waals surface area contributed by atoms with Crippen molar-refractivity contribution in [3.8, 4) is 23.1 Å². The molecule has 1 aliphatic heterocycles. The summed E-state index contributed by atoms with van der Waals surface area (Å²) in [6, 6.07) is 9.50. The fraction of sp³-hybridized carbons (Fsp3) is 0.417. The van der Waals surface area contributed by atoms with Crippen molar-refractivity contribution >= 4 is 23.2 Å². The molecule has 0 bridgehead atoms. The lowest BCUT2D eigenvalue weighted by Gasteiger charge is -2.31. The van der Waals surface area contributed by atoms with Gasteiger partial charge >= 0.3 is 12.1 Å². The third-order valence-electron chi connectivity index (χ3n) is 5.66. The SMILES string of the molecule is CCN1CCC[C@@H](Nc2nc3nc(-c4c(O)cc(C#N)cc4COC)ccc3o2)C1.O=C(O)C(F)(F)F. The Labute approximate surface area is 210 Å². The molecule has 2 aromatic heterocycles. The molecule has 3 aromatic rings. The molecule has 3 heterocycles. The van der Waals surface area contributed by atoms with Crippen molar-refractivity contribution in [3.05, 3.63) is 35.4 Å². The number of aromatic nitrogens is 2. The van der Waals surface area contributed by atoms with Gasteiger partial charge in [0.1, 0.15) is 5.75 Å². The van der Waals surface area contributed by atoms with Crippen LogP contribution in [0.2, 0.25) is 0 Å². The smallest absolute Gasteiger partial charge is 0.490 e. The second-order valence-electron chi connectivity index (χ2n) is 8.29.